The Morgan fingerprint density at radius 3 is 2.67 bits per heavy atom. The van der Waals surface area contributed by atoms with Gasteiger partial charge in [-0.1, -0.05) is 23.2 Å². The molecule has 0 saturated heterocycles. The van der Waals surface area contributed by atoms with Crippen LogP contribution in [-0.4, -0.2) is 10.1 Å². The minimum absolute atomic E-state index is 0.219. The minimum atomic E-state index is -0.219. The van der Waals surface area contributed by atoms with Crippen LogP contribution in [0.2, 0.25) is 10.0 Å². The number of rotatable bonds is 2. The van der Waals surface area contributed by atoms with Gasteiger partial charge in [0.25, 0.3) is 0 Å². The summed E-state index contributed by atoms with van der Waals surface area (Å²) >= 11 is 11.9. The van der Waals surface area contributed by atoms with Gasteiger partial charge in [-0.05, 0) is 29.8 Å². The van der Waals surface area contributed by atoms with E-state index < -0.39 is 0 Å². The third kappa shape index (κ3) is 2.32. The van der Waals surface area contributed by atoms with Crippen LogP contribution in [0.4, 0.5) is 0 Å². The molecule has 0 spiro atoms. The van der Waals surface area contributed by atoms with Gasteiger partial charge in [0.2, 0.25) is 0 Å². The number of nitriles is 1. The lowest BCUT2D eigenvalue weighted by Crippen LogP contribution is -1.96. The Kier molecular flexibility index (Phi) is 3.83. The van der Waals surface area contributed by atoms with Crippen LogP contribution < -0.4 is 0 Å². The minimum Gasteiger partial charge on any atom is -0.392 e. The molecule has 18 heavy (non-hydrogen) atoms. The van der Waals surface area contributed by atoms with E-state index in [1.165, 1.54) is 6.20 Å². The maximum Gasteiger partial charge on any atom is 0.102 e. The highest BCUT2D eigenvalue weighted by Gasteiger charge is 2.13. The number of aliphatic hydroxyl groups excluding tert-OH is 1. The number of hydrogen-bond acceptors (Lipinski definition) is 3. The normalized spacial score (nSPS) is 10.1. The summed E-state index contributed by atoms with van der Waals surface area (Å²) in [7, 11) is 0. The zero-order valence-corrected chi connectivity index (χ0v) is 10.7. The van der Waals surface area contributed by atoms with Crippen molar-refractivity contribution in [1.82, 2.24) is 4.98 Å². The van der Waals surface area contributed by atoms with Gasteiger partial charge in [-0.25, -0.2) is 0 Å². The molecule has 0 aliphatic rings. The number of aliphatic hydroxyl groups is 1. The Bertz CT molecular complexity index is 635. The van der Waals surface area contributed by atoms with Crippen molar-refractivity contribution in [3.05, 3.63) is 51.6 Å². The highest BCUT2D eigenvalue weighted by molar-refractivity contribution is 6.36. The zero-order chi connectivity index (χ0) is 13.1. The highest BCUT2D eigenvalue weighted by atomic mass is 35.5. The van der Waals surface area contributed by atoms with Crippen LogP contribution in [0.5, 0.6) is 0 Å². The third-order valence-corrected chi connectivity index (χ3v) is 3.05. The van der Waals surface area contributed by atoms with Crippen molar-refractivity contribution in [1.29, 1.82) is 5.26 Å². The van der Waals surface area contributed by atoms with Crippen LogP contribution >= 0.6 is 23.2 Å². The first-order valence-corrected chi connectivity index (χ1v) is 5.87. The molecule has 0 unspecified atom stereocenters. The first kappa shape index (κ1) is 12.8. The van der Waals surface area contributed by atoms with Crippen molar-refractivity contribution in [2.75, 3.05) is 0 Å². The van der Waals surface area contributed by atoms with Crippen LogP contribution in [0.15, 0.2) is 30.5 Å². The summed E-state index contributed by atoms with van der Waals surface area (Å²) in [6.45, 7) is -0.219. The van der Waals surface area contributed by atoms with Gasteiger partial charge in [-0.15, -0.1) is 0 Å². The van der Waals surface area contributed by atoms with E-state index in [1.54, 1.807) is 24.3 Å². The van der Waals surface area contributed by atoms with Gasteiger partial charge in [0, 0.05) is 16.8 Å². The molecule has 2 rings (SSSR count). The zero-order valence-electron chi connectivity index (χ0n) is 9.19. The number of benzene rings is 1. The van der Waals surface area contributed by atoms with E-state index in [0.29, 0.717) is 32.4 Å². The van der Waals surface area contributed by atoms with Crippen LogP contribution in [0, 0.1) is 11.3 Å². The summed E-state index contributed by atoms with van der Waals surface area (Å²) in [6.07, 6.45) is 1.53. The first-order chi connectivity index (χ1) is 8.67. The topological polar surface area (TPSA) is 56.9 Å². The van der Waals surface area contributed by atoms with Crippen molar-refractivity contribution in [2.45, 2.75) is 6.61 Å². The number of nitrogens with zero attached hydrogens (tertiary/aromatic N) is 2. The molecule has 0 fully saturated rings. The van der Waals surface area contributed by atoms with Crippen molar-refractivity contribution in [3.63, 3.8) is 0 Å². The third-order valence-electron chi connectivity index (χ3n) is 2.51. The standard InChI is InChI=1S/C13H8Cl2N2O/c14-9-1-2-10(12(15)5-9)13-11(6-16)8(7-18)3-4-17-13/h1-5,18H,7H2. The Morgan fingerprint density at radius 2 is 2.06 bits per heavy atom. The molecule has 3 nitrogen and oxygen atoms in total. The average Bonchev–Trinajstić information content (AvgIpc) is 2.37. The largest absolute Gasteiger partial charge is 0.392 e. The van der Waals surface area contributed by atoms with E-state index in [9.17, 15) is 5.11 Å². The molecule has 90 valence electrons. The van der Waals surface area contributed by atoms with Gasteiger partial charge >= 0.3 is 0 Å². The van der Waals surface area contributed by atoms with Gasteiger partial charge in [0.1, 0.15) is 6.07 Å². The Hall–Kier alpha value is -1.60. The Labute approximate surface area is 114 Å². The molecule has 5 heteroatoms. The second-order valence-corrected chi connectivity index (χ2v) is 4.43. The number of hydrogen-bond donors (Lipinski definition) is 1. The fourth-order valence-electron chi connectivity index (χ4n) is 1.64. The Balaban J connectivity index is 2.68. The summed E-state index contributed by atoms with van der Waals surface area (Å²) in [6, 6.07) is 8.62. The van der Waals surface area contributed by atoms with Gasteiger partial charge in [0.15, 0.2) is 0 Å². The van der Waals surface area contributed by atoms with E-state index in [4.69, 9.17) is 28.5 Å². The van der Waals surface area contributed by atoms with E-state index in [1.807, 2.05) is 6.07 Å². The molecule has 1 N–H and O–H groups in total. The van der Waals surface area contributed by atoms with Gasteiger partial charge in [-0.3, -0.25) is 4.98 Å². The fourth-order valence-corrected chi connectivity index (χ4v) is 2.14. The maximum atomic E-state index is 9.20. The summed E-state index contributed by atoms with van der Waals surface area (Å²) in [4.78, 5) is 4.16. The quantitative estimate of drug-likeness (QED) is 0.916. The molecule has 0 amide bonds. The number of aromatic nitrogens is 1. The van der Waals surface area contributed by atoms with Crippen LogP contribution in [0.25, 0.3) is 11.3 Å². The molecule has 0 aliphatic carbocycles. The van der Waals surface area contributed by atoms with Crippen molar-refractivity contribution in [3.8, 4) is 17.3 Å². The molecule has 0 atom stereocenters. The van der Waals surface area contributed by atoms with Crippen molar-refractivity contribution in [2.24, 2.45) is 0 Å². The fraction of sp³-hybridized carbons (Fsp3) is 0.0769. The van der Waals surface area contributed by atoms with Crippen LogP contribution in [-0.2, 0) is 6.61 Å². The highest BCUT2D eigenvalue weighted by Crippen LogP contribution is 2.31. The SMILES string of the molecule is N#Cc1c(CO)ccnc1-c1ccc(Cl)cc1Cl. The Morgan fingerprint density at radius 1 is 1.28 bits per heavy atom. The lowest BCUT2D eigenvalue weighted by molar-refractivity contribution is 0.281. The summed E-state index contributed by atoms with van der Waals surface area (Å²) < 4.78 is 0. The van der Waals surface area contributed by atoms with E-state index in [0.717, 1.165) is 0 Å². The lowest BCUT2D eigenvalue weighted by Gasteiger charge is -2.08. The molecule has 0 radical (unpaired) electrons. The van der Waals surface area contributed by atoms with Crippen LogP contribution in [0.3, 0.4) is 0 Å². The summed E-state index contributed by atoms with van der Waals surface area (Å²) in [5.41, 5.74) is 1.91. The lowest BCUT2D eigenvalue weighted by atomic mass is 10.0. The van der Waals surface area contributed by atoms with E-state index in [-0.39, 0.29) is 6.61 Å². The molecular weight excluding hydrogens is 271 g/mol. The van der Waals surface area contributed by atoms with Crippen molar-refractivity contribution >= 4 is 23.2 Å². The van der Waals surface area contributed by atoms with Crippen LogP contribution in [0.1, 0.15) is 11.1 Å². The summed E-state index contributed by atoms with van der Waals surface area (Å²) in [5, 5.41) is 19.3. The molecule has 1 aromatic heterocycles. The van der Waals surface area contributed by atoms with Gasteiger partial charge in [0.05, 0.1) is 22.9 Å². The van der Waals surface area contributed by atoms with Gasteiger partial charge in [-0.2, -0.15) is 5.26 Å². The van der Waals surface area contributed by atoms with Crippen molar-refractivity contribution < 1.29 is 5.11 Å². The first-order valence-electron chi connectivity index (χ1n) is 5.11. The molecule has 2 aromatic rings. The maximum absolute atomic E-state index is 9.20. The molecule has 0 saturated carbocycles. The average molecular weight is 279 g/mol. The smallest absolute Gasteiger partial charge is 0.102 e. The molecule has 0 bridgehead atoms. The summed E-state index contributed by atoms with van der Waals surface area (Å²) in [5.74, 6) is 0. The van der Waals surface area contributed by atoms with E-state index in [2.05, 4.69) is 4.98 Å². The second kappa shape index (κ2) is 5.36. The number of pyridine rings is 1. The number of halogens is 2. The van der Waals surface area contributed by atoms with E-state index >= 15 is 0 Å². The predicted octanol–water partition coefficient (Wildman–Crippen LogP) is 3.42. The molecular formula is C13H8Cl2N2O. The molecule has 1 aromatic carbocycles. The molecule has 1 heterocycles. The predicted molar refractivity (Wildman–Crippen MR) is 70.3 cm³/mol. The second-order valence-electron chi connectivity index (χ2n) is 3.59. The van der Waals surface area contributed by atoms with Gasteiger partial charge < -0.3 is 5.11 Å². The molecule has 0 aliphatic heterocycles. The monoisotopic (exact) mass is 278 g/mol.